The van der Waals surface area contributed by atoms with Crippen LogP contribution in [0.4, 0.5) is 0 Å². The van der Waals surface area contributed by atoms with Crippen molar-refractivity contribution in [2.75, 3.05) is 5.75 Å². The fourth-order valence-corrected chi connectivity index (χ4v) is 5.04. The van der Waals surface area contributed by atoms with Crippen LogP contribution in [0.15, 0.2) is 28.1 Å². The van der Waals surface area contributed by atoms with Gasteiger partial charge in [0.25, 0.3) is 0 Å². The van der Waals surface area contributed by atoms with E-state index in [0.717, 1.165) is 15.6 Å². The van der Waals surface area contributed by atoms with E-state index < -0.39 is 0 Å². The fourth-order valence-electron chi connectivity index (χ4n) is 1.59. The number of hydrogen-bond donors (Lipinski definition) is 1. The van der Waals surface area contributed by atoms with Gasteiger partial charge >= 0.3 is 0 Å². The van der Waals surface area contributed by atoms with Crippen molar-refractivity contribution in [1.82, 2.24) is 5.32 Å². The highest BCUT2D eigenvalue weighted by molar-refractivity contribution is 8.25. The van der Waals surface area contributed by atoms with Gasteiger partial charge in [-0.25, -0.2) is 0 Å². The monoisotopic (exact) mass is 330 g/mol. The number of nitrogens with one attached hydrogen (secondary N) is 1. The van der Waals surface area contributed by atoms with Crippen LogP contribution >= 0.6 is 46.7 Å². The number of carbonyl (C=O) groups excluding carboxylic acids is 1. The van der Waals surface area contributed by atoms with Crippen LogP contribution in [0.1, 0.15) is 10.8 Å². The third kappa shape index (κ3) is 3.40. The van der Waals surface area contributed by atoms with Gasteiger partial charge in [-0.15, -0.1) is 23.5 Å². The molecule has 1 amide bonds. The first-order valence-electron chi connectivity index (χ1n) is 5.24. The molecule has 1 aromatic carbocycles. The molecule has 0 aliphatic carbocycles. The Morgan fingerprint density at radius 3 is 2.95 bits per heavy atom. The molecule has 1 aliphatic heterocycles. The first kappa shape index (κ1) is 14.6. The zero-order valence-corrected chi connectivity index (χ0v) is 12.7. The summed E-state index contributed by atoms with van der Waals surface area (Å²) in [5.74, 6) is 0.799. The highest BCUT2D eigenvalue weighted by Crippen LogP contribution is 2.52. The molecule has 0 saturated carbocycles. The molecule has 19 heavy (non-hydrogen) atoms. The molecule has 1 fully saturated rings. The Labute approximate surface area is 129 Å². The average Bonchev–Trinajstić information content (AvgIpc) is 2.85. The van der Waals surface area contributed by atoms with Gasteiger partial charge in [0.2, 0.25) is 6.41 Å². The number of amides is 1. The first-order valence-corrected chi connectivity index (χ1v) is 7.86. The molecule has 1 saturated heterocycles. The minimum absolute atomic E-state index is 0.154. The van der Waals surface area contributed by atoms with Crippen molar-refractivity contribution in [1.29, 1.82) is 5.26 Å². The van der Waals surface area contributed by atoms with Crippen molar-refractivity contribution in [3.63, 3.8) is 0 Å². The van der Waals surface area contributed by atoms with Crippen LogP contribution in [-0.4, -0.2) is 12.2 Å². The number of benzene rings is 1. The van der Waals surface area contributed by atoms with E-state index in [-0.39, 0.29) is 10.9 Å². The summed E-state index contributed by atoms with van der Waals surface area (Å²) >= 11 is 15.1. The van der Waals surface area contributed by atoms with Crippen molar-refractivity contribution in [3.05, 3.63) is 43.7 Å². The molecule has 0 bridgehead atoms. The zero-order valence-electron chi connectivity index (χ0n) is 9.52. The van der Waals surface area contributed by atoms with E-state index in [1.807, 2.05) is 12.1 Å². The smallest absolute Gasteiger partial charge is 0.212 e. The number of thioether (sulfide) groups is 2. The fraction of sp³-hybridized carbons (Fsp3) is 0.167. The van der Waals surface area contributed by atoms with E-state index in [2.05, 4.69) is 5.32 Å². The van der Waals surface area contributed by atoms with Crippen molar-refractivity contribution >= 4 is 53.1 Å². The third-order valence-corrected chi connectivity index (χ3v) is 5.95. The van der Waals surface area contributed by atoms with Gasteiger partial charge in [0.15, 0.2) is 0 Å². The van der Waals surface area contributed by atoms with E-state index in [4.69, 9.17) is 28.5 Å². The second-order valence-corrected chi connectivity index (χ2v) is 6.97. The van der Waals surface area contributed by atoms with Gasteiger partial charge in [-0.05, 0) is 17.7 Å². The zero-order chi connectivity index (χ0) is 13.8. The standard InChI is InChI=1S/C12H8Cl2N2OS2/c13-7-1-2-8(9(14)3-7)11-5-18-12(19-11)10(4-15)16-6-17/h1-3,6,11H,5H2,(H,16,17)/b12-10-/t11-/m0/s1. The van der Waals surface area contributed by atoms with Crippen LogP contribution in [0.25, 0.3) is 0 Å². The molecule has 2 rings (SSSR count). The molecule has 1 atom stereocenters. The normalized spacial score (nSPS) is 20.8. The number of allylic oxidation sites excluding steroid dienone is 1. The maximum Gasteiger partial charge on any atom is 0.212 e. The Hall–Kier alpha value is -0.800. The van der Waals surface area contributed by atoms with Gasteiger partial charge in [-0.3, -0.25) is 4.79 Å². The summed E-state index contributed by atoms with van der Waals surface area (Å²) in [6.07, 6.45) is 0.509. The third-order valence-electron chi connectivity index (χ3n) is 2.44. The number of nitrogens with zero attached hydrogens (tertiary/aromatic N) is 1. The van der Waals surface area contributed by atoms with Gasteiger partial charge < -0.3 is 5.32 Å². The van der Waals surface area contributed by atoms with Crippen molar-refractivity contribution in [2.45, 2.75) is 5.25 Å². The van der Waals surface area contributed by atoms with Gasteiger partial charge in [0, 0.05) is 21.0 Å². The van der Waals surface area contributed by atoms with Crippen LogP contribution in [0, 0.1) is 11.3 Å². The Balaban J connectivity index is 2.23. The van der Waals surface area contributed by atoms with Gasteiger partial charge in [0.05, 0.1) is 4.24 Å². The molecule has 0 spiro atoms. The topological polar surface area (TPSA) is 52.9 Å². The molecule has 3 nitrogen and oxygen atoms in total. The average molecular weight is 331 g/mol. The quantitative estimate of drug-likeness (QED) is 0.673. The van der Waals surface area contributed by atoms with Crippen molar-refractivity contribution in [3.8, 4) is 6.07 Å². The Bertz CT molecular complexity index is 584. The summed E-state index contributed by atoms with van der Waals surface area (Å²) in [6.45, 7) is 0. The molecule has 1 N–H and O–H groups in total. The molecule has 0 radical (unpaired) electrons. The number of hydrogen-bond acceptors (Lipinski definition) is 4. The molecule has 1 heterocycles. The Morgan fingerprint density at radius 1 is 1.53 bits per heavy atom. The van der Waals surface area contributed by atoms with Gasteiger partial charge in [-0.1, -0.05) is 29.3 Å². The summed E-state index contributed by atoms with van der Waals surface area (Å²) in [4.78, 5) is 10.4. The molecule has 98 valence electrons. The number of carbonyl (C=O) groups is 1. The molecule has 0 aromatic heterocycles. The lowest BCUT2D eigenvalue weighted by atomic mass is 10.2. The largest absolute Gasteiger partial charge is 0.319 e. The highest BCUT2D eigenvalue weighted by atomic mass is 35.5. The Morgan fingerprint density at radius 2 is 2.32 bits per heavy atom. The second-order valence-electron chi connectivity index (χ2n) is 3.62. The maximum absolute atomic E-state index is 10.4. The van der Waals surface area contributed by atoms with Crippen LogP contribution in [0.3, 0.4) is 0 Å². The summed E-state index contributed by atoms with van der Waals surface area (Å²) in [5.41, 5.74) is 1.28. The first-order chi connectivity index (χ1) is 9.15. The minimum atomic E-state index is 0.154. The molecular weight excluding hydrogens is 323 g/mol. The van der Waals surface area contributed by atoms with Gasteiger partial charge in [-0.2, -0.15) is 5.26 Å². The molecule has 0 unspecified atom stereocenters. The number of halogens is 2. The molecule has 7 heteroatoms. The minimum Gasteiger partial charge on any atom is -0.319 e. The lowest BCUT2D eigenvalue weighted by Crippen LogP contribution is -2.09. The summed E-state index contributed by atoms with van der Waals surface area (Å²) in [5, 5.41) is 12.7. The van der Waals surface area contributed by atoms with Gasteiger partial charge in [0.1, 0.15) is 11.8 Å². The predicted octanol–water partition coefficient (Wildman–Crippen LogP) is 3.95. The second kappa shape index (κ2) is 6.58. The lowest BCUT2D eigenvalue weighted by Gasteiger charge is -2.10. The van der Waals surface area contributed by atoms with Crippen molar-refractivity contribution in [2.24, 2.45) is 0 Å². The summed E-state index contributed by atoms with van der Waals surface area (Å²) in [7, 11) is 0. The van der Waals surface area contributed by atoms with E-state index >= 15 is 0 Å². The SMILES string of the molecule is N#C/C(NC=O)=C1\SC[C@@H](c2ccc(Cl)cc2Cl)S1. The summed E-state index contributed by atoms with van der Waals surface area (Å²) in [6, 6.07) is 7.38. The van der Waals surface area contributed by atoms with Crippen LogP contribution in [0.2, 0.25) is 10.0 Å². The van der Waals surface area contributed by atoms with E-state index in [0.29, 0.717) is 16.5 Å². The number of nitriles is 1. The van der Waals surface area contributed by atoms with Crippen LogP contribution in [-0.2, 0) is 4.79 Å². The van der Waals surface area contributed by atoms with E-state index in [1.54, 1.807) is 12.1 Å². The van der Waals surface area contributed by atoms with E-state index in [9.17, 15) is 4.79 Å². The molecule has 1 aliphatic rings. The summed E-state index contributed by atoms with van der Waals surface area (Å²) < 4.78 is 0.811. The van der Waals surface area contributed by atoms with Crippen molar-refractivity contribution < 1.29 is 4.79 Å². The van der Waals surface area contributed by atoms with Crippen LogP contribution < -0.4 is 5.32 Å². The lowest BCUT2D eigenvalue weighted by molar-refractivity contribution is -0.108. The molecule has 1 aromatic rings. The van der Waals surface area contributed by atoms with Crippen LogP contribution in [0.5, 0.6) is 0 Å². The Kier molecular flexibility index (Phi) is 5.06. The highest BCUT2D eigenvalue weighted by Gasteiger charge is 2.27. The van der Waals surface area contributed by atoms with E-state index in [1.165, 1.54) is 23.5 Å². The maximum atomic E-state index is 10.4. The number of rotatable bonds is 3. The molecular formula is C12H8Cl2N2OS2. The predicted molar refractivity (Wildman–Crippen MR) is 81.1 cm³/mol.